The van der Waals surface area contributed by atoms with E-state index in [9.17, 15) is 14.7 Å². The molecule has 154 valence electrons. The zero-order chi connectivity index (χ0) is 21.2. The molecule has 8 heteroatoms. The Morgan fingerprint density at radius 3 is 2.87 bits per heavy atom. The lowest BCUT2D eigenvalue weighted by Crippen LogP contribution is -2.44. The Balaban J connectivity index is 1.86. The maximum atomic E-state index is 13.5. The van der Waals surface area contributed by atoms with Crippen LogP contribution in [0.25, 0.3) is 22.3 Å². The van der Waals surface area contributed by atoms with Crippen LogP contribution < -0.4 is 11.3 Å². The first kappa shape index (κ1) is 18.8. The number of cyclic esters (lactones) is 1. The minimum absolute atomic E-state index is 0.0884. The predicted octanol–water partition coefficient (Wildman–Crippen LogP) is 2.20. The lowest BCUT2D eigenvalue weighted by Gasteiger charge is -2.32. The quantitative estimate of drug-likeness (QED) is 0.505. The number of carbonyl (C=O) groups is 1. The van der Waals surface area contributed by atoms with E-state index in [0.717, 1.165) is 5.39 Å². The number of carbonyl (C=O) groups excluding carboxylic acids is 1. The zero-order valence-corrected chi connectivity index (χ0v) is 16.6. The average molecular weight is 407 g/mol. The van der Waals surface area contributed by atoms with Crippen molar-refractivity contribution in [3.8, 4) is 11.4 Å². The third kappa shape index (κ3) is 2.31. The largest absolute Gasteiger partial charge is 0.458 e. The summed E-state index contributed by atoms with van der Waals surface area (Å²) in [6.45, 7) is 3.71. The van der Waals surface area contributed by atoms with Gasteiger partial charge in [-0.3, -0.25) is 9.36 Å². The number of rotatable bonds is 3. The number of aliphatic hydroxyl groups is 1. The molecular weight excluding hydrogens is 386 g/mol. The average Bonchev–Trinajstić information content (AvgIpc) is 3.04. The van der Waals surface area contributed by atoms with Crippen LogP contribution in [-0.4, -0.2) is 27.2 Å². The standard InChI is InChI=1S/C22H21N3O5/c1-3-22(28)14-9-17-18-12(8-11-15(23)6-5-7-16(11)24-18)20(29-4-2)25(17)19(26)13(14)10-30-21(22)27/h5-9,20,28H,3-4,10,23H2,1-2H3/t20?,22-/m0/s1. The minimum atomic E-state index is -1.87. The number of nitrogens with zero attached hydrogens (tertiary/aromatic N) is 2. The van der Waals surface area contributed by atoms with Crippen molar-refractivity contribution in [2.45, 2.75) is 38.7 Å². The van der Waals surface area contributed by atoms with Gasteiger partial charge < -0.3 is 20.3 Å². The molecular formula is C22H21N3O5. The normalized spacial score (nSPS) is 21.8. The highest BCUT2D eigenvalue weighted by Gasteiger charge is 2.46. The molecule has 0 radical (unpaired) electrons. The zero-order valence-electron chi connectivity index (χ0n) is 16.6. The molecule has 2 aromatic heterocycles. The monoisotopic (exact) mass is 407 g/mol. The number of nitrogens with two attached hydrogens (primary N) is 1. The van der Waals surface area contributed by atoms with Crippen LogP contribution in [0.2, 0.25) is 0 Å². The van der Waals surface area contributed by atoms with Gasteiger partial charge in [-0.1, -0.05) is 13.0 Å². The van der Waals surface area contributed by atoms with Crippen molar-refractivity contribution in [1.29, 1.82) is 0 Å². The van der Waals surface area contributed by atoms with E-state index in [1.165, 1.54) is 4.57 Å². The molecule has 0 spiro atoms. The molecule has 0 saturated heterocycles. The smallest absolute Gasteiger partial charge is 0.343 e. The first-order valence-electron chi connectivity index (χ1n) is 9.90. The molecule has 2 aliphatic heterocycles. The van der Waals surface area contributed by atoms with E-state index in [-0.39, 0.29) is 29.7 Å². The molecule has 2 aliphatic rings. The van der Waals surface area contributed by atoms with Crippen molar-refractivity contribution in [1.82, 2.24) is 9.55 Å². The number of benzene rings is 1. The Morgan fingerprint density at radius 2 is 2.13 bits per heavy atom. The van der Waals surface area contributed by atoms with Gasteiger partial charge in [0, 0.05) is 28.8 Å². The summed E-state index contributed by atoms with van der Waals surface area (Å²) < 4.78 is 12.6. The maximum absolute atomic E-state index is 13.5. The Morgan fingerprint density at radius 1 is 1.33 bits per heavy atom. The molecule has 3 aromatic rings. The molecule has 0 bridgehead atoms. The second-order valence-electron chi connectivity index (χ2n) is 7.53. The molecule has 2 atom stereocenters. The molecule has 0 aliphatic carbocycles. The van der Waals surface area contributed by atoms with Crippen LogP contribution in [0.5, 0.6) is 0 Å². The Hall–Kier alpha value is -3.23. The summed E-state index contributed by atoms with van der Waals surface area (Å²) in [6.07, 6.45) is -0.591. The van der Waals surface area contributed by atoms with Gasteiger partial charge >= 0.3 is 5.97 Å². The molecule has 5 rings (SSSR count). The Bertz CT molecular complexity index is 1280. The number of fused-ring (bicyclic) bond motifs is 5. The van der Waals surface area contributed by atoms with E-state index in [2.05, 4.69) is 0 Å². The van der Waals surface area contributed by atoms with Gasteiger partial charge in [0.2, 0.25) is 0 Å². The molecule has 3 N–H and O–H groups in total. The van der Waals surface area contributed by atoms with Crippen LogP contribution in [-0.2, 0) is 26.5 Å². The maximum Gasteiger partial charge on any atom is 0.343 e. The highest BCUT2D eigenvalue weighted by molar-refractivity contribution is 5.93. The van der Waals surface area contributed by atoms with Crippen molar-refractivity contribution in [2.75, 3.05) is 12.3 Å². The topological polar surface area (TPSA) is 117 Å². The van der Waals surface area contributed by atoms with Gasteiger partial charge in [0.25, 0.3) is 5.56 Å². The van der Waals surface area contributed by atoms with Crippen LogP contribution in [0.15, 0.2) is 35.1 Å². The molecule has 1 unspecified atom stereocenters. The van der Waals surface area contributed by atoms with Crippen molar-refractivity contribution in [3.63, 3.8) is 0 Å². The second-order valence-corrected chi connectivity index (χ2v) is 7.53. The van der Waals surface area contributed by atoms with E-state index in [4.69, 9.17) is 20.2 Å². The van der Waals surface area contributed by atoms with Gasteiger partial charge in [-0.05, 0) is 37.6 Å². The molecule has 1 aromatic carbocycles. The molecule has 8 nitrogen and oxygen atoms in total. The minimum Gasteiger partial charge on any atom is -0.458 e. The van der Waals surface area contributed by atoms with E-state index >= 15 is 0 Å². The van der Waals surface area contributed by atoms with Gasteiger partial charge in [-0.25, -0.2) is 9.78 Å². The van der Waals surface area contributed by atoms with Crippen molar-refractivity contribution in [3.05, 3.63) is 57.4 Å². The van der Waals surface area contributed by atoms with E-state index in [1.807, 2.05) is 25.1 Å². The van der Waals surface area contributed by atoms with Gasteiger partial charge in [0.15, 0.2) is 11.8 Å². The van der Waals surface area contributed by atoms with Crippen molar-refractivity contribution >= 4 is 22.6 Å². The first-order valence-corrected chi connectivity index (χ1v) is 9.90. The third-order valence-corrected chi connectivity index (χ3v) is 5.98. The number of hydrogen-bond acceptors (Lipinski definition) is 7. The summed E-state index contributed by atoms with van der Waals surface area (Å²) in [5.41, 5.74) is 7.49. The predicted molar refractivity (Wildman–Crippen MR) is 110 cm³/mol. The Labute approximate surface area is 171 Å². The van der Waals surface area contributed by atoms with Crippen LogP contribution in [0.1, 0.15) is 43.2 Å². The van der Waals surface area contributed by atoms with E-state index < -0.39 is 17.8 Å². The number of ether oxygens (including phenoxy) is 2. The number of pyridine rings is 2. The number of aromatic nitrogens is 2. The number of anilines is 1. The Kier molecular flexibility index (Phi) is 4.00. The fourth-order valence-electron chi connectivity index (χ4n) is 4.38. The molecule has 0 fully saturated rings. The van der Waals surface area contributed by atoms with Crippen LogP contribution in [0.3, 0.4) is 0 Å². The number of esters is 1. The van der Waals surface area contributed by atoms with Gasteiger partial charge in [-0.15, -0.1) is 0 Å². The summed E-state index contributed by atoms with van der Waals surface area (Å²) in [5, 5.41) is 11.8. The summed E-state index contributed by atoms with van der Waals surface area (Å²) in [6, 6.07) is 9.03. The molecule has 0 saturated carbocycles. The summed E-state index contributed by atoms with van der Waals surface area (Å²) >= 11 is 0. The van der Waals surface area contributed by atoms with Crippen molar-refractivity contribution in [2.24, 2.45) is 0 Å². The molecule has 30 heavy (non-hydrogen) atoms. The van der Waals surface area contributed by atoms with Crippen molar-refractivity contribution < 1.29 is 19.4 Å². The molecule has 4 heterocycles. The van der Waals surface area contributed by atoms with Crippen LogP contribution >= 0.6 is 0 Å². The summed E-state index contributed by atoms with van der Waals surface area (Å²) in [7, 11) is 0. The van der Waals surface area contributed by atoms with Gasteiger partial charge in [0.05, 0.1) is 22.5 Å². The van der Waals surface area contributed by atoms with E-state index in [0.29, 0.717) is 34.8 Å². The van der Waals surface area contributed by atoms with Gasteiger partial charge in [-0.2, -0.15) is 0 Å². The highest BCUT2D eigenvalue weighted by Crippen LogP contribution is 2.43. The number of nitrogen functional groups attached to an aromatic ring is 1. The summed E-state index contributed by atoms with van der Waals surface area (Å²) in [4.78, 5) is 30.5. The van der Waals surface area contributed by atoms with Crippen LogP contribution in [0, 0.1) is 0 Å². The number of hydrogen-bond donors (Lipinski definition) is 2. The fraction of sp³-hybridized carbons (Fsp3) is 0.318. The highest BCUT2D eigenvalue weighted by atomic mass is 16.6. The third-order valence-electron chi connectivity index (χ3n) is 5.98. The molecule has 0 amide bonds. The van der Waals surface area contributed by atoms with Crippen LogP contribution in [0.4, 0.5) is 5.69 Å². The lowest BCUT2D eigenvalue weighted by atomic mass is 9.86. The summed E-state index contributed by atoms with van der Waals surface area (Å²) in [5.74, 6) is -0.749. The van der Waals surface area contributed by atoms with E-state index in [1.54, 1.807) is 19.1 Å². The fourth-order valence-corrected chi connectivity index (χ4v) is 4.38. The first-order chi connectivity index (χ1) is 14.4. The second kappa shape index (κ2) is 6.38. The SMILES string of the molecule is CCOC1c2cc3c(N)cccc3nc2-c2cc3c(c(=O)n21)COC(=O)[C@]3(O)CC. The lowest BCUT2D eigenvalue weighted by molar-refractivity contribution is -0.172. The van der Waals surface area contributed by atoms with Gasteiger partial charge in [0.1, 0.15) is 6.61 Å².